The predicted molar refractivity (Wildman–Crippen MR) is 124 cm³/mol. The van der Waals surface area contributed by atoms with E-state index in [2.05, 4.69) is 23.1 Å². The molecule has 32 heavy (non-hydrogen) atoms. The standard InChI is InChI=1S/C26H31N3O3/c1-32-25(30)8-5-16-29(17-13-21-6-3-2-4-7-21)26(31)23-14-18-28(19-15-23)24-11-9-22(20-27)10-12-24/h2-4,6-7,9-12,23H,5,8,13-19H2,1H3. The van der Waals surface area contributed by atoms with E-state index in [0.29, 0.717) is 31.5 Å². The number of rotatable bonds is 9. The van der Waals surface area contributed by atoms with E-state index in [9.17, 15) is 9.59 Å². The lowest BCUT2D eigenvalue weighted by molar-refractivity contribution is -0.142. The van der Waals surface area contributed by atoms with Crippen molar-refractivity contribution in [3.05, 3.63) is 65.7 Å². The molecule has 0 atom stereocenters. The molecular formula is C26H31N3O3. The van der Waals surface area contributed by atoms with Crippen LogP contribution in [0.5, 0.6) is 0 Å². The minimum atomic E-state index is -0.240. The normalized spacial score (nSPS) is 13.9. The number of carbonyl (C=O) groups is 2. The second-order valence-electron chi connectivity index (χ2n) is 8.16. The van der Waals surface area contributed by atoms with Gasteiger partial charge in [0.25, 0.3) is 0 Å². The Morgan fingerprint density at radius 3 is 2.38 bits per heavy atom. The third kappa shape index (κ3) is 6.58. The number of hydrogen-bond donors (Lipinski definition) is 0. The molecule has 3 rings (SSSR count). The molecular weight excluding hydrogens is 402 g/mol. The van der Waals surface area contributed by atoms with Crippen LogP contribution in [0, 0.1) is 17.2 Å². The van der Waals surface area contributed by atoms with Gasteiger partial charge in [0.1, 0.15) is 0 Å². The van der Waals surface area contributed by atoms with Crippen LogP contribution < -0.4 is 4.90 Å². The summed E-state index contributed by atoms with van der Waals surface area (Å²) in [6, 6.07) is 19.9. The molecule has 1 saturated heterocycles. The Kier molecular flexibility index (Phi) is 8.68. The molecule has 6 heteroatoms. The zero-order valence-electron chi connectivity index (χ0n) is 18.7. The highest BCUT2D eigenvalue weighted by Gasteiger charge is 2.28. The van der Waals surface area contributed by atoms with Crippen molar-refractivity contribution in [3.8, 4) is 6.07 Å². The van der Waals surface area contributed by atoms with E-state index in [1.165, 1.54) is 12.7 Å². The van der Waals surface area contributed by atoms with Crippen molar-refractivity contribution in [1.29, 1.82) is 5.26 Å². The molecule has 1 fully saturated rings. The first-order valence-electron chi connectivity index (χ1n) is 11.3. The molecule has 6 nitrogen and oxygen atoms in total. The van der Waals surface area contributed by atoms with Crippen molar-refractivity contribution in [2.24, 2.45) is 5.92 Å². The van der Waals surface area contributed by atoms with Crippen molar-refractivity contribution < 1.29 is 14.3 Å². The summed E-state index contributed by atoms with van der Waals surface area (Å²) < 4.78 is 4.74. The van der Waals surface area contributed by atoms with Gasteiger partial charge in [-0.25, -0.2) is 0 Å². The average Bonchev–Trinajstić information content (AvgIpc) is 2.86. The van der Waals surface area contributed by atoms with Crippen LogP contribution in [0.3, 0.4) is 0 Å². The molecule has 0 aromatic heterocycles. The zero-order valence-corrected chi connectivity index (χ0v) is 18.7. The molecule has 2 aromatic carbocycles. The highest BCUT2D eigenvalue weighted by molar-refractivity contribution is 5.79. The highest BCUT2D eigenvalue weighted by atomic mass is 16.5. The molecule has 1 amide bonds. The van der Waals surface area contributed by atoms with Crippen molar-refractivity contribution in [2.45, 2.75) is 32.1 Å². The lowest BCUT2D eigenvalue weighted by Crippen LogP contribution is -2.43. The monoisotopic (exact) mass is 433 g/mol. The molecule has 0 spiro atoms. The Balaban J connectivity index is 1.57. The Bertz CT molecular complexity index is 914. The molecule has 0 bridgehead atoms. The minimum Gasteiger partial charge on any atom is -0.469 e. The molecule has 0 unspecified atom stereocenters. The second-order valence-corrected chi connectivity index (χ2v) is 8.16. The number of piperidine rings is 1. The van der Waals surface area contributed by atoms with Crippen LogP contribution in [0.4, 0.5) is 5.69 Å². The summed E-state index contributed by atoms with van der Waals surface area (Å²) in [5.41, 5.74) is 2.95. The number of carbonyl (C=O) groups excluding carboxylic acids is 2. The van der Waals surface area contributed by atoms with E-state index in [-0.39, 0.29) is 17.8 Å². The maximum absolute atomic E-state index is 13.3. The van der Waals surface area contributed by atoms with Crippen LogP contribution in [-0.2, 0) is 20.7 Å². The van der Waals surface area contributed by atoms with Crippen LogP contribution in [0.1, 0.15) is 36.8 Å². The Labute approximate surface area is 190 Å². The van der Waals surface area contributed by atoms with Crippen molar-refractivity contribution in [1.82, 2.24) is 4.90 Å². The third-order valence-electron chi connectivity index (χ3n) is 6.07. The summed E-state index contributed by atoms with van der Waals surface area (Å²) in [4.78, 5) is 29.1. The van der Waals surface area contributed by atoms with Gasteiger partial charge in [0, 0.05) is 44.2 Å². The van der Waals surface area contributed by atoms with Gasteiger partial charge < -0.3 is 14.5 Å². The SMILES string of the molecule is COC(=O)CCCN(CCc1ccccc1)C(=O)C1CCN(c2ccc(C#N)cc2)CC1. The third-order valence-corrected chi connectivity index (χ3v) is 6.07. The summed E-state index contributed by atoms with van der Waals surface area (Å²) in [6.45, 7) is 2.85. The quantitative estimate of drug-likeness (QED) is 0.563. The summed E-state index contributed by atoms with van der Waals surface area (Å²) in [7, 11) is 1.39. The fraction of sp³-hybridized carbons (Fsp3) is 0.423. The topological polar surface area (TPSA) is 73.6 Å². The fourth-order valence-electron chi connectivity index (χ4n) is 4.15. The molecule has 0 aliphatic carbocycles. The molecule has 2 aromatic rings. The Morgan fingerprint density at radius 1 is 1.06 bits per heavy atom. The van der Waals surface area contributed by atoms with E-state index in [1.54, 1.807) is 0 Å². The summed E-state index contributed by atoms with van der Waals surface area (Å²) in [5, 5.41) is 8.98. The lowest BCUT2D eigenvalue weighted by atomic mass is 9.94. The lowest BCUT2D eigenvalue weighted by Gasteiger charge is -2.35. The van der Waals surface area contributed by atoms with Crippen molar-refractivity contribution in [3.63, 3.8) is 0 Å². The van der Waals surface area contributed by atoms with Gasteiger partial charge in [0.2, 0.25) is 5.91 Å². The number of amides is 1. The number of nitrogens with zero attached hydrogens (tertiary/aromatic N) is 3. The van der Waals surface area contributed by atoms with E-state index in [1.807, 2.05) is 47.4 Å². The van der Waals surface area contributed by atoms with Gasteiger partial charge in [-0.2, -0.15) is 5.26 Å². The van der Waals surface area contributed by atoms with Gasteiger partial charge in [-0.3, -0.25) is 9.59 Å². The Morgan fingerprint density at radius 2 is 1.75 bits per heavy atom. The summed E-state index contributed by atoms with van der Waals surface area (Å²) in [5.74, 6) is -0.0556. The van der Waals surface area contributed by atoms with Gasteiger partial charge in [0.15, 0.2) is 0 Å². The highest BCUT2D eigenvalue weighted by Crippen LogP contribution is 2.25. The van der Waals surface area contributed by atoms with E-state index < -0.39 is 0 Å². The van der Waals surface area contributed by atoms with E-state index in [4.69, 9.17) is 10.00 Å². The van der Waals surface area contributed by atoms with Crippen LogP contribution in [0.2, 0.25) is 0 Å². The van der Waals surface area contributed by atoms with Crippen LogP contribution >= 0.6 is 0 Å². The van der Waals surface area contributed by atoms with Crippen molar-refractivity contribution >= 4 is 17.6 Å². The maximum atomic E-state index is 13.3. The Hall–Kier alpha value is -3.33. The maximum Gasteiger partial charge on any atom is 0.305 e. The largest absolute Gasteiger partial charge is 0.469 e. The molecule has 168 valence electrons. The van der Waals surface area contributed by atoms with Crippen LogP contribution in [0.15, 0.2) is 54.6 Å². The fourth-order valence-corrected chi connectivity index (χ4v) is 4.15. The number of esters is 1. The number of methoxy groups -OCH3 is 1. The van der Waals surface area contributed by atoms with Crippen LogP contribution in [0.25, 0.3) is 0 Å². The van der Waals surface area contributed by atoms with Gasteiger partial charge in [-0.05, 0) is 55.5 Å². The summed E-state index contributed by atoms with van der Waals surface area (Å²) in [6.07, 6.45) is 3.34. The average molecular weight is 434 g/mol. The molecule has 0 N–H and O–H groups in total. The minimum absolute atomic E-state index is 0.00136. The first kappa shape index (κ1) is 23.3. The van der Waals surface area contributed by atoms with Gasteiger partial charge in [-0.15, -0.1) is 0 Å². The molecule has 1 aliphatic heterocycles. The first-order valence-corrected chi connectivity index (χ1v) is 11.3. The summed E-state index contributed by atoms with van der Waals surface area (Å²) >= 11 is 0. The second kappa shape index (κ2) is 11.9. The van der Waals surface area contributed by atoms with Gasteiger partial charge >= 0.3 is 5.97 Å². The van der Waals surface area contributed by atoms with Gasteiger partial charge in [-0.1, -0.05) is 30.3 Å². The number of ether oxygens (including phenoxy) is 1. The number of hydrogen-bond acceptors (Lipinski definition) is 5. The van der Waals surface area contributed by atoms with E-state index in [0.717, 1.165) is 38.0 Å². The van der Waals surface area contributed by atoms with E-state index >= 15 is 0 Å². The van der Waals surface area contributed by atoms with Crippen LogP contribution in [-0.4, -0.2) is 50.1 Å². The molecule has 1 heterocycles. The number of benzene rings is 2. The molecule has 1 aliphatic rings. The molecule has 0 saturated carbocycles. The number of nitriles is 1. The molecule has 0 radical (unpaired) electrons. The predicted octanol–water partition coefficient (Wildman–Crippen LogP) is 3.80. The first-order chi connectivity index (χ1) is 15.6. The number of anilines is 1. The van der Waals surface area contributed by atoms with Crippen molar-refractivity contribution in [2.75, 3.05) is 38.2 Å². The smallest absolute Gasteiger partial charge is 0.305 e. The van der Waals surface area contributed by atoms with Gasteiger partial charge in [0.05, 0.1) is 18.7 Å². The zero-order chi connectivity index (χ0) is 22.8.